The van der Waals surface area contributed by atoms with E-state index in [0.717, 1.165) is 50.1 Å². The minimum absolute atomic E-state index is 0.964. The highest BCUT2D eigenvalue weighted by Gasteiger charge is 2.18. The van der Waals surface area contributed by atoms with Crippen molar-refractivity contribution in [3.63, 3.8) is 0 Å². The molecule has 0 bridgehead atoms. The quantitative estimate of drug-likeness (QED) is 0.172. The van der Waals surface area contributed by atoms with Crippen LogP contribution in [0.2, 0.25) is 0 Å². The Labute approximate surface area is 312 Å². The molecule has 0 aliphatic heterocycles. The number of pyridine rings is 2. The lowest BCUT2D eigenvalue weighted by atomic mass is 9.89. The molecule has 0 fully saturated rings. The third-order valence-corrected chi connectivity index (χ3v) is 11.0. The summed E-state index contributed by atoms with van der Waals surface area (Å²) >= 11 is 0. The number of aromatic nitrogens is 2. The number of hydrogen-bond acceptors (Lipinski definition) is 2. The number of para-hydroxylation sites is 1. The summed E-state index contributed by atoms with van der Waals surface area (Å²) in [5.74, 6) is 0. The van der Waals surface area contributed by atoms with Crippen LogP contribution in [0.4, 0.5) is 0 Å². The highest BCUT2D eigenvalue weighted by atomic mass is 14.7. The fourth-order valence-electron chi connectivity index (χ4n) is 8.39. The fraction of sp³-hybridized carbons (Fsp3) is 0. The maximum atomic E-state index is 5.38. The minimum Gasteiger partial charge on any atom is -0.247 e. The number of nitrogens with zero attached hydrogens (tertiary/aromatic N) is 2. The van der Waals surface area contributed by atoms with Crippen molar-refractivity contribution in [1.82, 2.24) is 9.97 Å². The molecule has 2 heterocycles. The average molecular weight is 685 g/mol. The monoisotopic (exact) mass is 684 g/mol. The van der Waals surface area contributed by atoms with Gasteiger partial charge in [0, 0.05) is 38.1 Å². The van der Waals surface area contributed by atoms with Crippen molar-refractivity contribution in [2.75, 3.05) is 0 Å². The van der Waals surface area contributed by atoms with Gasteiger partial charge in [-0.1, -0.05) is 170 Å². The molecule has 54 heavy (non-hydrogen) atoms. The smallest absolute Gasteiger partial charge is 0.0794 e. The second-order valence-electron chi connectivity index (χ2n) is 14.1. The molecule has 0 atom stereocenters. The van der Waals surface area contributed by atoms with E-state index in [2.05, 4.69) is 194 Å². The highest BCUT2D eigenvalue weighted by molar-refractivity contribution is 6.33. The van der Waals surface area contributed by atoms with Crippen LogP contribution in [-0.4, -0.2) is 9.97 Å². The molecule has 11 aromatic rings. The van der Waals surface area contributed by atoms with Gasteiger partial charge in [0.2, 0.25) is 0 Å². The van der Waals surface area contributed by atoms with Crippen LogP contribution in [0.5, 0.6) is 0 Å². The first-order valence-electron chi connectivity index (χ1n) is 18.5. The SMILES string of the molecule is c1ccc(-c2ccc3ccc4ccc(-c5ccc(-c6cccc(-c7nc8ccccc8c8c9ccccc9c9ccccc9c78)c6)cc5)nc4c3c2)cc1. The number of hydrogen-bond donors (Lipinski definition) is 0. The normalized spacial score (nSPS) is 11.7. The Hall–Kier alpha value is -7.16. The van der Waals surface area contributed by atoms with Crippen LogP contribution in [0.25, 0.3) is 110 Å². The summed E-state index contributed by atoms with van der Waals surface area (Å²) in [5, 5.41) is 12.1. The van der Waals surface area contributed by atoms with Crippen LogP contribution in [0, 0.1) is 0 Å². The first-order chi connectivity index (χ1) is 26.8. The maximum Gasteiger partial charge on any atom is 0.0794 e. The summed E-state index contributed by atoms with van der Waals surface area (Å²) in [7, 11) is 0. The lowest BCUT2D eigenvalue weighted by Crippen LogP contribution is -1.93. The van der Waals surface area contributed by atoms with Gasteiger partial charge in [-0.15, -0.1) is 0 Å². The highest BCUT2D eigenvalue weighted by Crippen LogP contribution is 2.43. The van der Waals surface area contributed by atoms with Gasteiger partial charge in [-0.2, -0.15) is 0 Å². The van der Waals surface area contributed by atoms with Crippen LogP contribution in [-0.2, 0) is 0 Å². The van der Waals surface area contributed by atoms with Gasteiger partial charge < -0.3 is 0 Å². The third kappa shape index (κ3) is 4.88. The van der Waals surface area contributed by atoms with Crippen molar-refractivity contribution in [3.05, 3.63) is 194 Å². The van der Waals surface area contributed by atoms with E-state index in [1.54, 1.807) is 0 Å². The molecule has 2 aromatic heterocycles. The van der Waals surface area contributed by atoms with Crippen molar-refractivity contribution in [1.29, 1.82) is 0 Å². The van der Waals surface area contributed by atoms with Crippen LogP contribution in [0.1, 0.15) is 0 Å². The van der Waals surface area contributed by atoms with E-state index in [4.69, 9.17) is 9.97 Å². The van der Waals surface area contributed by atoms with Gasteiger partial charge in [0.1, 0.15) is 0 Å². The number of benzene rings is 9. The molecule has 0 N–H and O–H groups in total. The maximum absolute atomic E-state index is 5.38. The molecule has 0 amide bonds. The molecule has 250 valence electrons. The van der Waals surface area contributed by atoms with Gasteiger partial charge in [0.25, 0.3) is 0 Å². The molecular formula is C52H32N2. The van der Waals surface area contributed by atoms with E-state index < -0.39 is 0 Å². The summed E-state index contributed by atoms with van der Waals surface area (Å²) < 4.78 is 0. The zero-order chi connectivity index (χ0) is 35.6. The Morgan fingerprint density at radius 1 is 0.278 bits per heavy atom. The number of fused-ring (bicyclic) bond motifs is 11. The summed E-state index contributed by atoms with van der Waals surface area (Å²) in [6.45, 7) is 0. The summed E-state index contributed by atoms with van der Waals surface area (Å²) in [6, 6.07) is 69.7. The van der Waals surface area contributed by atoms with Gasteiger partial charge in [0.15, 0.2) is 0 Å². The zero-order valence-electron chi connectivity index (χ0n) is 29.4. The molecule has 0 unspecified atom stereocenters. The summed E-state index contributed by atoms with van der Waals surface area (Å²) in [4.78, 5) is 10.6. The van der Waals surface area contributed by atoms with Crippen molar-refractivity contribution >= 4 is 64.9 Å². The van der Waals surface area contributed by atoms with Gasteiger partial charge >= 0.3 is 0 Å². The molecule has 0 aliphatic rings. The largest absolute Gasteiger partial charge is 0.247 e. The molecule has 0 saturated heterocycles. The van der Waals surface area contributed by atoms with E-state index in [9.17, 15) is 0 Å². The molecule has 2 nitrogen and oxygen atoms in total. The van der Waals surface area contributed by atoms with Crippen LogP contribution >= 0.6 is 0 Å². The minimum atomic E-state index is 0.964. The Kier molecular flexibility index (Phi) is 6.90. The molecule has 11 rings (SSSR count). The van der Waals surface area contributed by atoms with E-state index in [1.165, 1.54) is 59.6 Å². The Morgan fingerprint density at radius 2 is 0.815 bits per heavy atom. The Bertz CT molecular complexity index is 3250. The molecule has 2 heteroatoms. The third-order valence-electron chi connectivity index (χ3n) is 11.0. The fourth-order valence-corrected chi connectivity index (χ4v) is 8.39. The van der Waals surface area contributed by atoms with E-state index in [-0.39, 0.29) is 0 Å². The molecule has 0 saturated carbocycles. The van der Waals surface area contributed by atoms with Gasteiger partial charge in [0.05, 0.1) is 22.4 Å². The standard InChI is InChI=1S/C52H32N2/c1-2-11-33(12-3-1)39-28-24-35-23-27-37-29-30-47(53-51(37)46(35)32-39)36-25-21-34(22-26-36)38-13-10-14-40(31-38)52-50-44-18-7-5-16-42(44)41-15-4-6-17-43(41)49(50)45-19-8-9-20-48(45)54-52/h1-32H. The van der Waals surface area contributed by atoms with Crippen LogP contribution < -0.4 is 0 Å². The summed E-state index contributed by atoms with van der Waals surface area (Å²) in [5.41, 5.74) is 10.9. The molecule has 0 aliphatic carbocycles. The molecular weight excluding hydrogens is 653 g/mol. The molecule has 0 radical (unpaired) electrons. The Morgan fingerprint density at radius 3 is 1.61 bits per heavy atom. The lowest BCUT2D eigenvalue weighted by molar-refractivity contribution is 1.41. The van der Waals surface area contributed by atoms with Crippen molar-refractivity contribution in [3.8, 4) is 44.8 Å². The van der Waals surface area contributed by atoms with E-state index >= 15 is 0 Å². The first-order valence-corrected chi connectivity index (χ1v) is 18.5. The Balaban J connectivity index is 1.02. The number of rotatable bonds is 4. The van der Waals surface area contributed by atoms with Crippen LogP contribution in [0.3, 0.4) is 0 Å². The lowest BCUT2D eigenvalue weighted by Gasteiger charge is -2.16. The second-order valence-corrected chi connectivity index (χ2v) is 14.1. The topological polar surface area (TPSA) is 25.8 Å². The van der Waals surface area contributed by atoms with Crippen molar-refractivity contribution < 1.29 is 0 Å². The van der Waals surface area contributed by atoms with Crippen molar-refractivity contribution in [2.24, 2.45) is 0 Å². The van der Waals surface area contributed by atoms with Gasteiger partial charge in [-0.3, -0.25) is 0 Å². The predicted octanol–water partition coefficient (Wildman–Crippen LogP) is 14.1. The summed E-state index contributed by atoms with van der Waals surface area (Å²) in [6.07, 6.45) is 0. The zero-order valence-corrected chi connectivity index (χ0v) is 29.4. The van der Waals surface area contributed by atoms with Crippen molar-refractivity contribution in [2.45, 2.75) is 0 Å². The van der Waals surface area contributed by atoms with E-state index in [0.29, 0.717) is 0 Å². The molecule has 0 spiro atoms. The van der Waals surface area contributed by atoms with Gasteiger partial charge in [-0.05, 0) is 73.5 Å². The van der Waals surface area contributed by atoms with Crippen LogP contribution in [0.15, 0.2) is 194 Å². The average Bonchev–Trinajstić information content (AvgIpc) is 3.26. The predicted molar refractivity (Wildman–Crippen MR) is 229 cm³/mol. The van der Waals surface area contributed by atoms with E-state index in [1.807, 2.05) is 0 Å². The second kappa shape index (κ2) is 12.2. The molecule has 9 aromatic carbocycles. The van der Waals surface area contributed by atoms with Gasteiger partial charge in [-0.25, -0.2) is 9.97 Å². The first kappa shape index (κ1) is 30.5.